The van der Waals surface area contributed by atoms with Crippen molar-refractivity contribution < 1.29 is 14.7 Å². The van der Waals surface area contributed by atoms with E-state index in [0.717, 1.165) is 0 Å². The maximum atomic E-state index is 11.7. The molecule has 0 saturated heterocycles. The molecular formula is C12H20N4O3. The lowest BCUT2D eigenvalue weighted by molar-refractivity contribution is -0.138. The van der Waals surface area contributed by atoms with Crippen molar-refractivity contribution in [2.75, 3.05) is 5.32 Å². The van der Waals surface area contributed by atoms with Crippen LogP contribution in [-0.4, -0.2) is 32.4 Å². The summed E-state index contributed by atoms with van der Waals surface area (Å²) >= 11 is 0. The highest BCUT2D eigenvalue weighted by Gasteiger charge is 2.23. The molecule has 1 aromatic rings. The zero-order valence-corrected chi connectivity index (χ0v) is 11.6. The van der Waals surface area contributed by atoms with Crippen LogP contribution in [0.2, 0.25) is 0 Å². The van der Waals surface area contributed by atoms with Gasteiger partial charge in [0.2, 0.25) is 0 Å². The number of hydrogen-bond donors (Lipinski definition) is 3. The summed E-state index contributed by atoms with van der Waals surface area (Å²) in [5, 5.41) is 18.1. The van der Waals surface area contributed by atoms with Crippen LogP contribution in [-0.2, 0) is 4.79 Å². The number of carbonyl (C=O) groups excluding carboxylic acids is 1. The molecule has 1 heterocycles. The van der Waals surface area contributed by atoms with Gasteiger partial charge in [-0.3, -0.25) is 9.48 Å². The van der Waals surface area contributed by atoms with Gasteiger partial charge in [-0.2, -0.15) is 5.10 Å². The second-order valence-electron chi connectivity index (χ2n) is 5.34. The maximum absolute atomic E-state index is 11.7. The van der Waals surface area contributed by atoms with Crippen molar-refractivity contribution in [1.82, 2.24) is 15.1 Å². The van der Waals surface area contributed by atoms with Crippen LogP contribution in [0.5, 0.6) is 0 Å². The molecule has 0 unspecified atom stereocenters. The van der Waals surface area contributed by atoms with Crippen LogP contribution in [0.25, 0.3) is 0 Å². The Balaban J connectivity index is 2.57. The van der Waals surface area contributed by atoms with E-state index in [1.54, 1.807) is 30.9 Å². The highest BCUT2D eigenvalue weighted by atomic mass is 16.4. The summed E-state index contributed by atoms with van der Waals surface area (Å²) < 4.78 is 1.72. The molecule has 2 amide bonds. The number of nitrogens with one attached hydrogen (secondary N) is 2. The third kappa shape index (κ3) is 4.99. The van der Waals surface area contributed by atoms with Crippen molar-refractivity contribution in [3.05, 3.63) is 12.4 Å². The Labute approximate surface area is 112 Å². The van der Waals surface area contributed by atoms with Crippen molar-refractivity contribution in [3.63, 3.8) is 0 Å². The van der Waals surface area contributed by atoms with Crippen molar-refractivity contribution in [2.24, 2.45) is 0 Å². The first-order valence-corrected chi connectivity index (χ1v) is 6.05. The smallest absolute Gasteiger partial charge is 0.319 e. The van der Waals surface area contributed by atoms with E-state index >= 15 is 0 Å². The van der Waals surface area contributed by atoms with Crippen LogP contribution in [0, 0.1) is 0 Å². The molecule has 0 aliphatic carbocycles. The number of hydrogen-bond acceptors (Lipinski definition) is 3. The van der Waals surface area contributed by atoms with E-state index in [1.807, 2.05) is 13.8 Å². The van der Waals surface area contributed by atoms with Gasteiger partial charge in [-0.05, 0) is 27.7 Å². The molecule has 0 aliphatic heterocycles. The van der Waals surface area contributed by atoms with Crippen LogP contribution in [0.1, 0.15) is 40.2 Å². The normalized spacial score (nSPS) is 11.4. The number of carboxylic acid groups (broad SMARTS) is 1. The third-order valence-corrected chi connectivity index (χ3v) is 2.43. The number of urea groups is 1. The van der Waals surface area contributed by atoms with E-state index in [0.29, 0.717) is 5.69 Å². The Kier molecular flexibility index (Phi) is 4.52. The summed E-state index contributed by atoms with van der Waals surface area (Å²) in [5.74, 6) is -0.960. The van der Waals surface area contributed by atoms with E-state index in [2.05, 4.69) is 15.7 Å². The lowest BCUT2D eigenvalue weighted by Crippen LogP contribution is -2.46. The van der Waals surface area contributed by atoms with E-state index in [9.17, 15) is 9.59 Å². The summed E-state index contributed by atoms with van der Waals surface area (Å²) in [6, 6.07) is -0.239. The highest BCUT2D eigenvalue weighted by Crippen LogP contribution is 2.11. The van der Waals surface area contributed by atoms with Crippen LogP contribution in [0.3, 0.4) is 0 Å². The number of carboxylic acids is 1. The second-order valence-corrected chi connectivity index (χ2v) is 5.34. The zero-order chi connectivity index (χ0) is 14.6. The molecule has 1 aromatic heterocycles. The topological polar surface area (TPSA) is 96.2 Å². The minimum Gasteiger partial charge on any atom is -0.481 e. The molecule has 0 bridgehead atoms. The fourth-order valence-electron chi connectivity index (χ4n) is 1.58. The Bertz CT molecular complexity index is 465. The molecule has 0 fully saturated rings. The quantitative estimate of drug-likeness (QED) is 0.759. The minimum atomic E-state index is -0.960. The maximum Gasteiger partial charge on any atom is 0.319 e. The van der Waals surface area contributed by atoms with E-state index < -0.39 is 17.5 Å². The first kappa shape index (κ1) is 15.0. The fraction of sp³-hybridized carbons (Fsp3) is 0.583. The fourth-order valence-corrected chi connectivity index (χ4v) is 1.58. The number of aromatic nitrogens is 2. The summed E-state index contributed by atoms with van der Waals surface area (Å²) in [6.07, 6.45) is 3.11. The molecule has 3 N–H and O–H groups in total. The SMILES string of the molecule is CC(C)n1cc(NC(=O)NC(C)(C)CC(=O)O)cn1. The summed E-state index contributed by atoms with van der Waals surface area (Å²) in [6.45, 7) is 7.26. The predicted molar refractivity (Wildman–Crippen MR) is 71.1 cm³/mol. The molecule has 106 valence electrons. The Hall–Kier alpha value is -2.05. The lowest BCUT2D eigenvalue weighted by atomic mass is 10.0. The monoisotopic (exact) mass is 268 g/mol. The van der Waals surface area contributed by atoms with Gasteiger partial charge in [-0.1, -0.05) is 0 Å². The van der Waals surface area contributed by atoms with Gasteiger partial charge in [0, 0.05) is 17.8 Å². The molecule has 7 nitrogen and oxygen atoms in total. The molecule has 0 radical (unpaired) electrons. The number of rotatable bonds is 5. The molecule has 19 heavy (non-hydrogen) atoms. The van der Waals surface area contributed by atoms with Crippen LogP contribution in [0.15, 0.2) is 12.4 Å². The average molecular weight is 268 g/mol. The molecule has 0 aromatic carbocycles. The molecule has 0 aliphatic rings. The van der Waals surface area contributed by atoms with E-state index in [4.69, 9.17) is 5.11 Å². The Morgan fingerprint density at radius 2 is 2.11 bits per heavy atom. The molecule has 7 heteroatoms. The van der Waals surface area contributed by atoms with Gasteiger partial charge < -0.3 is 15.7 Å². The molecular weight excluding hydrogens is 248 g/mol. The van der Waals surface area contributed by atoms with Crippen molar-refractivity contribution in [3.8, 4) is 0 Å². The average Bonchev–Trinajstić information content (AvgIpc) is 2.62. The van der Waals surface area contributed by atoms with Crippen molar-refractivity contribution in [1.29, 1.82) is 0 Å². The van der Waals surface area contributed by atoms with Crippen LogP contribution < -0.4 is 10.6 Å². The molecule has 0 spiro atoms. The predicted octanol–water partition coefficient (Wildman–Crippen LogP) is 1.84. The molecule has 0 atom stereocenters. The van der Waals surface area contributed by atoms with Crippen molar-refractivity contribution in [2.45, 2.75) is 45.7 Å². The van der Waals surface area contributed by atoms with Gasteiger partial charge in [0.15, 0.2) is 0 Å². The number of nitrogens with zero attached hydrogens (tertiary/aromatic N) is 2. The summed E-state index contributed by atoms with van der Waals surface area (Å²) in [5.41, 5.74) is -0.249. The Morgan fingerprint density at radius 1 is 1.47 bits per heavy atom. The van der Waals surface area contributed by atoms with Crippen molar-refractivity contribution >= 4 is 17.7 Å². The summed E-state index contributed by atoms with van der Waals surface area (Å²) in [7, 11) is 0. The van der Waals surface area contributed by atoms with Gasteiger partial charge in [0.05, 0.1) is 18.3 Å². The van der Waals surface area contributed by atoms with E-state index in [-0.39, 0.29) is 12.5 Å². The first-order chi connectivity index (χ1) is 8.69. The summed E-state index contributed by atoms with van der Waals surface area (Å²) in [4.78, 5) is 22.4. The van der Waals surface area contributed by atoms with Gasteiger partial charge in [-0.15, -0.1) is 0 Å². The number of amides is 2. The number of carbonyl (C=O) groups is 2. The van der Waals surface area contributed by atoms with Crippen LogP contribution in [0.4, 0.5) is 10.5 Å². The zero-order valence-electron chi connectivity index (χ0n) is 11.6. The highest BCUT2D eigenvalue weighted by molar-refractivity contribution is 5.89. The van der Waals surface area contributed by atoms with Crippen LogP contribution >= 0.6 is 0 Å². The first-order valence-electron chi connectivity index (χ1n) is 6.05. The second kappa shape index (κ2) is 5.73. The minimum absolute atomic E-state index is 0.147. The van der Waals surface area contributed by atoms with Gasteiger partial charge in [0.1, 0.15) is 0 Å². The van der Waals surface area contributed by atoms with Gasteiger partial charge in [0.25, 0.3) is 0 Å². The standard InChI is InChI=1S/C12H20N4O3/c1-8(2)16-7-9(6-13-16)14-11(19)15-12(3,4)5-10(17)18/h6-8H,5H2,1-4H3,(H,17,18)(H2,14,15,19). The molecule has 0 saturated carbocycles. The third-order valence-electron chi connectivity index (χ3n) is 2.43. The van der Waals surface area contributed by atoms with Gasteiger partial charge in [-0.25, -0.2) is 4.79 Å². The van der Waals surface area contributed by atoms with E-state index in [1.165, 1.54) is 0 Å². The molecule has 1 rings (SSSR count). The Morgan fingerprint density at radius 3 is 2.58 bits per heavy atom. The lowest BCUT2D eigenvalue weighted by Gasteiger charge is -2.24. The number of aliphatic carboxylic acids is 1. The van der Waals surface area contributed by atoms with Gasteiger partial charge >= 0.3 is 12.0 Å². The largest absolute Gasteiger partial charge is 0.481 e. The number of anilines is 1.